The molecular weight excluding hydrogens is 371 g/mol. The molecule has 1 fully saturated rings. The van der Waals surface area contributed by atoms with Crippen LogP contribution in [0.4, 0.5) is 10.2 Å². The van der Waals surface area contributed by atoms with Crippen LogP contribution in [0, 0.1) is 5.82 Å². The SMILES string of the molecule is CN1CCN(c2ccc3ncc(Cc4c(F)ccc5cccnc45)n3n2)CC1=O. The maximum absolute atomic E-state index is 14.6. The molecule has 1 aliphatic rings. The van der Waals surface area contributed by atoms with E-state index in [-0.39, 0.29) is 11.7 Å². The van der Waals surface area contributed by atoms with Crippen LogP contribution in [-0.2, 0) is 11.2 Å². The maximum Gasteiger partial charge on any atom is 0.241 e. The largest absolute Gasteiger partial charge is 0.344 e. The molecule has 0 atom stereocenters. The highest BCUT2D eigenvalue weighted by Gasteiger charge is 2.22. The van der Waals surface area contributed by atoms with Gasteiger partial charge in [-0.1, -0.05) is 6.07 Å². The first-order valence-corrected chi connectivity index (χ1v) is 9.45. The number of piperazine rings is 1. The normalized spacial score (nSPS) is 14.9. The summed E-state index contributed by atoms with van der Waals surface area (Å²) < 4.78 is 16.3. The zero-order valence-corrected chi connectivity index (χ0v) is 15.9. The van der Waals surface area contributed by atoms with Crippen molar-refractivity contribution in [1.29, 1.82) is 0 Å². The van der Waals surface area contributed by atoms with Crippen LogP contribution >= 0.6 is 0 Å². The third-order valence-corrected chi connectivity index (χ3v) is 5.38. The number of hydrogen-bond donors (Lipinski definition) is 0. The van der Waals surface area contributed by atoms with Crippen molar-refractivity contribution in [3.05, 3.63) is 65.9 Å². The molecule has 1 amide bonds. The number of halogens is 1. The summed E-state index contributed by atoms with van der Waals surface area (Å²) in [6.45, 7) is 1.66. The molecule has 0 aliphatic carbocycles. The van der Waals surface area contributed by atoms with Gasteiger partial charge in [-0.3, -0.25) is 9.78 Å². The minimum atomic E-state index is -0.299. The van der Waals surface area contributed by atoms with E-state index in [9.17, 15) is 9.18 Å². The van der Waals surface area contributed by atoms with Gasteiger partial charge in [0, 0.05) is 43.7 Å². The number of rotatable bonds is 3. The van der Waals surface area contributed by atoms with Crippen molar-refractivity contribution in [3.63, 3.8) is 0 Å². The smallest absolute Gasteiger partial charge is 0.241 e. The first-order chi connectivity index (χ1) is 14.1. The van der Waals surface area contributed by atoms with Crippen LogP contribution in [0.1, 0.15) is 11.3 Å². The molecule has 4 heterocycles. The van der Waals surface area contributed by atoms with Gasteiger partial charge in [0.15, 0.2) is 5.65 Å². The molecule has 3 aromatic heterocycles. The number of pyridine rings is 1. The Balaban J connectivity index is 1.54. The van der Waals surface area contributed by atoms with E-state index < -0.39 is 0 Å². The van der Waals surface area contributed by atoms with Crippen LogP contribution in [0.2, 0.25) is 0 Å². The number of likely N-dealkylation sites (N-methyl/N-ethyl adjacent to an activating group) is 1. The highest BCUT2D eigenvalue weighted by atomic mass is 19.1. The Kier molecular flexibility index (Phi) is 4.12. The van der Waals surface area contributed by atoms with Crippen LogP contribution in [0.25, 0.3) is 16.6 Å². The summed E-state index contributed by atoms with van der Waals surface area (Å²) in [7, 11) is 1.80. The molecule has 0 saturated carbocycles. The lowest BCUT2D eigenvalue weighted by Crippen LogP contribution is -2.48. The maximum atomic E-state index is 14.6. The second-order valence-corrected chi connectivity index (χ2v) is 7.23. The Labute approximate surface area is 166 Å². The number of carbonyl (C=O) groups is 1. The van der Waals surface area contributed by atoms with E-state index in [4.69, 9.17) is 5.10 Å². The van der Waals surface area contributed by atoms with Gasteiger partial charge in [-0.05, 0) is 30.3 Å². The van der Waals surface area contributed by atoms with Gasteiger partial charge in [-0.25, -0.2) is 13.9 Å². The van der Waals surface area contributed by atoms with Gasteiger partial charge in [0.1, 0.15) is 11.6 Å². The molecule has 7 nitrogen and oxygen atoms in total. The van der Waals surface area contributed by atoms with Gasteiger partial charge in [0.25, 0.3) is 0 Å². The number of fused-ring (bicyclic) bond motifs is 2. The number of aromatic nitrogens is 4. The van der Waals surface area contributed by atoms with Crippen molar-refractivity contribution in [1.82, 2.24) is 24.5 Å². The Morgan fingerprint density at radius 1 is 1.10 bits per heavy atom. The molecule has 29 heavy (non-hydrogen) atoms. The summed E-state index contributed by atoms with van der Waals surface area (Å²) in [5.41, 5.74) is 2.60. The number of hydrogen-bond acceptors (Lipinski definition) is 5. The minimum absolute atomic E-state index is 0.0629. The van der Waals surface area contributed by atoms with E-state index in [1.165, 1.54) is 6.07 Å². The van der Waals surface area contributed by atoms with Gasteiger partial charge in [-0.2, -0.15) is 0 Å². The summed E-state index contributed by atoms with van der Waals surface area (Å²) >= 11 is 0. The molecule has 1 aromatic carbocycles. The van der Waals surface area contributed by atoms with Crippen LogP contribution in [-0.4, -0.2) is 57.1 Å². The zero-order valence-electron chi connectivity index (χ0n) is 15.9. The predicted molar refractivity (Wildman–Crippen MR) is 107 cm³/mol. The average molecular weight is 390 g/mol. The molecule has 1 saturated heterocycles. The second kappa shape index (κ2) is 6.80. The first kappa shape index (κ1) is 17.5. The average Bonchev–Trinajstić information content (AvgIpc) is 3.14. The molecule has 4 aromatic rings. The highest BCUT2D eigenvalue weighted by Crippen LogP contribution is 2.23. The number of anilines is 1. The fraction of sp³-hybridized carbons (Fsp3) is 0.238. The number of imidazole rings is 1. The number of nitrogens with zero attached hydrogens (tertiary/aromatic N) is 6. The molecule has 1 aliphatic heterocycles. The third-order valence-electron chi connectivity index (χ3n) is 5.38. The summed E-state index contributed by atoms with van der Waals surface area (Å²) in [5, 5.41) is 5.58. The molecule has 5 rings (SSSR count). The lowest BCUT2D eigenvalue weighted by Gasteiger charge is -2.32. The number of carbonyl (C=O) groups excluding carboxylic acids is 1. The van der Waals surface area contributed by atoms with Gasteiger partial charge in [-0.15, -0.1) is 5.10 Å². The summed E-state index contributed by atoms with van der Waals surface area (Å²) in [5.74, 6) is 0.467. The zero-order chi connectivity index (χ0) is 20.0. The van der Waals surface area contributed by atoms with Crippen molar-refractivity contribution >= 4 is 28.3 Å². The summed E-state index contributed by atoms with van der Waals surface area (Å²) in [4.78, 5) is 24.5. The van der Waals surface area contributed by atoms with Crippen molar-refractivity contribution in [2.45, 2.75) is 6.42 Å². The molecule has 0 unspecified atom stereocenters. The molecule has 0 radical (unpaired) electrons. The van der Waals surface area contributed by atoms with E-state index >= 15 is 0 Å². The van der Waals surface area contributed by atoms with Gasteiger partial charge < -0.3 is 9.80 Å². The van der Waals surface area contributed by atoms with Crippen LogP contribution in [0.5, 0.6) is 0 Å². The Morgan fingerprint density at radius 3 is 2.86 bits per heavy atom. The standard InChI is InChI=1S/C21H19FN6O/c1-26-9-10-27(13-20(26)29)19-7-6-18-24-12-15(28(18)25-19)11-16-17(22)5-4-14-3-2-8-23-21(14)16/h2-8,12H,9-11,13H2,1H3. The minimum Gasteiger partial charge on any atom is -0.344 e. The topological polar surface area (TPSA) is 66.6 Å². The van der Waals surface area contributed by atoms with Crippen molar-refractivity contribution in [2.75, 3.05) is 31.6 Å². The number of amides is 1. The van der Waals surface area contributed by atoms with Crippen LogP contribution in [0.15, 0.2) is 48.8 Å². The molecule has 0 spiro atoms. The Hall–Kier alpha value is -3.55. The van der Waals surface area contributed by atoms with Crippen molar-refractivity contribution in [3.8, 4) is 0 Å². The fourth-order valence-corrected chi connectivity index (χ4v) is 3.68. The van der Waals surface area contributed by atoms with E-state index in [1.54, 1.807) is 34.9 Å². The van der Waals surface area contributed by atoms with Crippen LogP contribution in [0.3, 0.4) is 0 Å². The van der Waals surface area contributed by atoms with E-state index in [0.29, 0.717) is 48.6 Å². The lowest BCUT2D eigenvalue weighted by molar-refractivity contribution is -0.129. The highest BCUT2D eigenvalue weighted by molar-refractivity contribution is 5.82. The quantitative estimate of drug-likeness (QED) is 0.537. The number of benzene rings is 1. The molecule has 8 heteroatoms. The van der Waals surface area contributed by atoms with E-state index in [0.717, 1.165) is 11.1 Å². The van der Waals surface area contributed by atoms with E-state index in [1.807, 2.05) is 29.2 Å². The molecule has 0 bridgehead atoms. The Bertz CT molecular complexity index is 1240. The first-order valence-electron chi connectivity index (χ1n) is 9.45. The summed E-state index contributed by atoms with van der Waals surface area (Å²) in [6.07, 6.45) is 3.70. The third kappa shape index (κ3) is 3.06. The monoisotopic (exact) mass is 390 g/mol. The van der Waals surface area contributed by atoms with Gasteiger partial charge in [0.05, 0.1) is 24.0 Å². The lowest BCUT2D eigenvalue weighted by atomic mass is 10.0. The molecular formula is C21H19FN6O. The Morgan fingerprint density at radius 2 is 2.00 bits per heavy atom. The second-order valence-electron chi connectivity index (χ2n) is 7.23. The molecule has 0 N–H and O–H groups in total. The summed E-state index contributed by atoms with van der Waals surface area (Å²) in [6, 6.07) is 10.7. The van der Waals surface area contributed by atoms with E-state index in [2.05, 4.69) is 9.97 Å². The predicted octanol–water partition coefficient (Wildman–Crippen LogP) is 2.29. The fourth-order valence-electron chi connectivity index (χ4n) is 3.68. The van der Waals surface area contributed by atoms with Crippen molar-refractivity contribution in [2.24, 2.45) is 0 Å². The molecule has 146 valence electrons. The van der Waals surface area contributed by atoms with Gasteiger partial charge >= 0.3 is 0 Å². The van der Waals surface area contributed by atoms with Gasteiger partial charge in [0.2, 0.25) is 5.91 Å². The van der Waals surface area contributed by atoms with Crippen molar-refractivity contribution < 1.29 is 9.18 Å². The van der Waals surface area contributed by atoms with Crippen LogP contribution < -0.4 is 4.90 Å².